The van der Waals surface area contributed by atoms with Gasteiger partial charge in [0.1, 0.15) is 5.75 Å². The fourth-order valence-corrected chi connectivity index (χ4v) is 3.90. The monoisotopic (exact) mass is 427 g/mol. The van der Waals surface area contributed by atoms with Gasteiger partial charge in [-0.05, 0) is 54.6 Å². The summed E-state index contributed by atoms with van der Waals surface area (Å²) in [5.74, 6) is 0.609. The number of hydrogen-bond acceptors (Lipinski definition) is 4. The Kier molecular flexibility index (Phi) is 4.99. The number of nitrogens with one attached hydrogen (secondary N) is 1. The highest BCUT2D eigenvalue weighted by Gasteiger charge is 2.27. The number of anilines is 2. The van der Waals surface area contributed by atoms with E-state index in [0.717, 1.165) is 11.3 Å². The van der Waals surface area contributed by atoms with Crippen molar-refractivity contribution in [1.29, 1.82) is 0 Å². The van der Waals surface area contributed by atoms with Crippen molar-refractivity contribution in [1.82, 2.24) is 4.57 Å². The second kappa shape index (κ2) is 8.11. The first-order valence-corrected chi connectivity index (χ1v) is 10.2. The Hall–Kier alpha value is -4.26. The third kappa shape index (κ3) is 3.54. The Morgan fingerprint density at radius 2 is 1.78 bits per heavy atom. The SMILES string of the molecule is COc1ccccc1C(=O)Nc1ccc(C(=O)N2Cc3cccn3Cc3ccoc32)cc1. The van der Waals surface area contributed by atoms with E-state index in [9.17, 15) is 9.59 Å². The Balaban J connectivity index is 1.36. The lowest BCUT2D eigenvalue weighted by Gasteiger charge is -2.19. The maximum Gasteiger partial charge on any atom is 0.260 e. The van der Waals surface area contributed by atoms with Gasteiger partial charge < -0.3 is 19.0 Å². The topological polar surface area (TPSA) is 76.7 Å². The van der Waals surface area contributed by atoms with Crippen LogP contribution in [0.1, 0.15) is 32.0 Å². The number of rotatable bonds is 4. The van der Waals surface area contributed by atoms with Crippen LogP contribution in [0.3, 0.4) is 0 Å². The van der Waals surface area contributed by atoms with Crippen LogP contribution < -0.4 is 15.0 Å². The highest BCUT2D eigenvalue weighted by atomic mass is 16.5. The van der Waals surface area contributed by atoms with Gasteiger partial charge in [-0.25, -0.2) is 0 Å². The second-order valence-corrected chi connectivity index (χ2v) is 7.50. The maximum absolute atomic E-state index is 13.3. The maximum atomic E-state index is 13.3. The summed E-state index contributed by atoms with van der Waals surface area (Å²) in [4.78, 5) is 27.6. The molecule has 7 heteroatoms. The summed E-state index contributed by atoms with van der Waals surface area (Å²) >= 11 is 0. The van der Waals surface area contributed by atoms with Gasteiger partial charge in [-0.2, -0.15) is 0 Å². The number of methoxy groups -OCH3 is 1. The first-order valence-electron chi connectivity index (χ1n) is 10.2. The molecule has 1 aliphatic heterocycles. The zero-order chi connectivity index (χ0) is 22.1. The largest absolute Gasteiger partial charge is 0.496 e. The number of carbonyl (C=O) groups excluding carboxylic acids is 2. The highest BCUT2D eigenvalue weighted by molar-refractivity contribution is 6.08. The van der Waals surface area contributed by atoms with E-state index >= 15 is 0 Å². The predicted octanol–water partition coefficient (Wildman–Crippen LogP) is 4.55. The fraction of sp³-hybridized carbons (Fsp3) is 0.120. The quantitative estimate of drug-likeness (QED) is 0.518. The van der Waals surface area contributed by atoms with Gasteiger partial charge in [-0.1, -0.05) is 12.1 Å². The van der Waals surface area contributed by atoms with E-state index in [1.807, 2.05) is 24.4 Å². The number of hydrogen-bond donors (Lipinski definition) is 1. The van der Waals surface area contributed by atoms with Crippen molar-refractivity contribution in [2.75, 3.05) is 17.3 Å². The van der Waals surface area contributed by atoms with Gasteiger partial charge in [-0.15, -0.1) is 0 Å². The molecule has 0 saturated heterocycles. The van der Waals surface area contributed by atoms with Crippen molar-refractivity contribution in [2.24, 2.45) is 0 Å². The number of carbonyl (C=O) groups is 2. The lowest BCUT2D eigenvalue weighted by Crippen LogP contribution is -2.30. The van der Waals surface area contributed by atoms with Crippen molar-refractivity contribution in [3.63, 3.8) is 0 Å². The molecule has 0 saturated carbocycles. The summed E-state index contributed by atoms with van der Waals surface area (Å²) in [7, 11) is 1.52. The van der Waals surface area contributed by atoms with Gasteiger partial charge >= 0.3 is 0 Å². The number of fused-ring (bicyclic) bond motifs is 2. The van der Waals surface area contributed by atoms with Crippen LogP contribution in [-0.2, 0) is 13.1 Å². The number of furan rings is 1. The molecule has 1 aliphatic rings. The Morgan fingerprint density at radius 1 is 0.969 bits per heavy atom. The minimum atomic E-state index is -0.282. The predicted molar refractivity (Wildman–Crippen MR) is 120 cm³/mol. The van der Waals surface area contributed by atoms with Gasteiger partial charge in [0.05, 0.1) is 32.0 Å². The Morgan fingerprint density at radius 3 is 2.59 bits per heavy atom. The lowest BCUT2D eigenvalue weighted by molar-refractivity contribution is 0.0979. The molecular formula is C25H21N3O4. The average molecular weight is 427 g/mol. The molecule has 5 rings (SSSR count). The first-order chi connectivity index (χ1) is 15.6. The molecule has 2 aromatic carbocycles. The molecule has 7 nitrogen and oxygen atoms in total. The summed E-state index contributed by atoms with van der Waals surface area (Å²) in [5.41, 5.74) is 3.51. The molecule has 0 unspecified atom stereocenters. The van der Waals surface area contributed by atoms with E-state index in [0.29, 0.717) is 41.5 Å². The van der Waals surface area contributed by atoms with Crippen molar-refractivity contribution in [3.8, 4) is 5.75 Å². The van der Waals surface area contributed by atoms with Crippen molar-refractivity contribution in [3.05, 3.63) is 102 Å². The molecule has 160 valence electrons. The lowest BCUT2D eigenvalue weighted by atomic mass is 10.1. The molecule has 0 aliphatic carbocycles. The van der Waals surface area contributed by atoms with Crippen LogP contribution in [0.4, 0.5) is 11.6 Å². The third-order valence-electron chi connectivity index (χ3n) is 5.54. The van der Waals surface area contributed by atoms with Gasteiger partial charge in [0.25, 0.3) is 11.8 Å². The molecule has 3 heterocycles. The van der Waals surface area contributed by atoms with Gasteiger partial charge in [0.2, 0.25) is 5.88 Å². The van der Waals surface area contributed by atoms with Crippen LogP contribution in [0.15, 0.2) is 83.6 Å². The number of benzene rings is 2. The van der Waals surface area contributed by atoms with Crippen LogP contribution in [0, 0.1) is 0 Å². The number of amides is 2. The second-order valence-electron chi connectivity index (χ2n) is 7.50. The third-order valence-corrected chi connectivity index (χ3v) is 5.54. The molecule has 0 atom stereocenters. The molecule has 4 aromatic rings. The highest BCUT2D eigenvalue weighted by Crippen LogP contribution is 2.30. The van der Waals surface area contributed by atoms with Crippen LogP contribution >= 0.6 is 0 Å². The van der Waals surface area contributed by atoms with E-state index in [2.05, 4.69) is 9.88 Å². The van der Waals surface area contributed by atoms with E-state index in [4.69, 9.17) is 9.15 Å². The molecule has 2 aromatic heterocycles. The molecule has 0 spiro atoms. The molecule has 0 fully saturated rings. The van der Waals surface area contributed by atoms with Crippen molar-refractivity contribution >= 4 is 23.4 Å². The summed E-state index contributed by atoms with van der Waals surface area (Å²) in [6, 6.07) is 19.7. The number of ether oxygens (including phenoxy) is 1. The van der Waals surface area contributed by atoms with Gasteiger partial charge in [0.15, 0.2) is 0 Å². The molecular weight excluding hydrogens is 406 g/mol. The molecule has 0 bridgehead atoms. The summed E-state index contributed by atoms with van der Waals surface area (Å²) < 4.78 is 13.0. The molecule has 2 amide bonds. The van der Waals surface area contributed by atoms with Crippen molar-refractivity contribution < 1.29 is 18.7 Å². The molecule has 32 heavy (non-hydrogen) atoms. The standard InChI is InChI=1S/C25H21N3O4/c1-31-22-7-3-2-6-21(22)23(29)26-19-10-8-17(9-11-19)24(30)28-16-20-5-4-13-27(20)15-18-12-14-32-25(18)28/h2-14H,15-16H2,1H3,(H,26,29). The minimum absolute atomic E-state index is 0.168. The molecule has 0 radical (unpaired) electrons. The van der Waals surface area contributed by atoms with Crippen LogP contribution in [0.25, 0.3) is 0 Å². The summed E-state index contributed by atoms with van der Waals surface area (Å²) in [5, 5.41) is 2.84. The number of nitrogens with zero attached hydrogens (tertiary/aromatic N) is 2. The van der Waals surface area contributed by atoms with Crippen molar-refractivity contribution in [2.45, 2.75) is 13.1 Å². The van der Waals surface area contributed by atoms with E-state index < -0.39 is 0 Å². The van der Waals surface area contributed by atoms with Gasteiger partial charge in [-0.3, -0.25) is 14.5 Å². The fourth-order valence-electron chi connectivity index (χ4n) is 3.90. The van der Waals surface area contributed by atoms with Crippen LogP contribution in [-0.4, -0.2) is 23.5 Å². The normalized spacial score (nSPS) is 12.5. The first kappa shape index (κ1) is 19.7. The van der Waals surface area contributed by atoms with Crippen LogP contribution in [0.2, 0.25) is 0 Å². The van der Waals surface area contributed by atoms with E-state index in [1.54, 1.807) is 59.7 Å². The van der Waals surface area contributed by atoms with Gasteiger partial charge in [0, 0.05) is 28.7 Å². The number of para-hydroxylation sites is 1. The zero-order valence-electron chi connectivity index (χ0n) is 17.4. The molecule has 1 N–H and O–H groups in total. The van der Waals surface area contributed by atoms with E-state index in [-0.39, 0.29) is 11.8 Å². The number of aromatic nitrogens is 1. The smallest absolute Gasteiger partial charge is 0.260 e. The summed E-state index contributed by atoms with van der Waals surface area (Å²) in [6.07, 6.45) is 3.61. The van der Waals surface area contributed by atoms with E-state index in [1.165, 1.54) is 7.11 Å². The average Bonchev–Trinajstić information content (AvgIpc) is 3.44. The zero-order valence-corrected chi connectivity index (χ0v) is 17.4. The minimum Gasteiger partial charge on any atom is -0.496 e. The summed E-state index contributed by atoms with van der Waals surface area (Å²) in [6.45, 7) is 1.07. The van der Waals surface area contributed by atoms with Crippen LogP contribution in [0.5, 0.6) is 5.75 Å². The Labute approximate surface area is 184 Å². The Bertz CT molecular complexity index is 1290.